The van der Waals surface area contributed by atoms with Crippen molar-refractivity contribution >= 4 is 11.8 Å². The van der Waals surface area contributed by atoms with Crippen molar-refractivity contribution in [2.45, 2.75) is 46.6 Å². The van der Waals surface area contributed by atoms with Crippen LogP contribution >= 0.6 is 0 Å². The molecule has 1 N–H and O–H groups in total. The van der Waals surface area contributed by atoms with Crippen LogP contribution in [0.5, 0.6) is 0 Å². The molecular weight excluding hydrogens is 385 g/mol. The molecule has 3 rings (SSSR count). The second-order valence-electron chi connectivity index (χ2n) is 8.93. The maximum Gasteiger partial charge on any atom is 0.276 e. The van der Waals surface area contributed by atoms with Gasteiger partial charge in [0.1, 0.15) is 11.9 Å². The maximum atomic E-state index is 13.4. The van der Waals surface area contributed by atoms with Gasteiger partial charge in [0.25, 0.3) is 5.91 Å². The Morgan fingerprint density at radius 2 is 1.87 bits per heavy atom. The van der Waals surface area contributed by atoms with E-state index in [9.17, 15) is 14.0 Å². The van der Waals surface area contributed by atoms with E-state index in [4.69, 9.17) is 4.52 Å². The van der Waals surface area contributed by atoms with Crippen LogP contribution in [0.15, 0.2) is 34.9 Å². The molecule has 1 fully saturated rings. The van der Waals surface area contributed by atoms with Crippen LogP contribution in [-0.4, -0.2) is 41.0 Å². The Bertz CT molecular complexity index is 876. The van der Waals surface area contributed by atoms with Crippen molar-refractivity contribution in [1.82, 2.24) is 15.4 Å². The molecule has 1 aliphatic rings. The lowest BCUT2D eigenvalue weighted by molar-refractivity contribution is -0.125. The zero-order valence-corrected chi connectivity index (χ0v) is 18.0. The van der Waals surface area contributed by atoms with Crippen LogP contribution in [0, 0.1) is 23.6 Å². The summed E-state index contributed by atoms with van der Waals surface area (Å²) in [7, 11) is 0. The lowest BCUT2D eigenvalue weighted by atomic mass is 9.96. The molecule has 0 radical (unpaired) electrons. The molecule has 2 atom stereocenters. The Kier molecular flexibility index (Phi) is 6.90. The van der Waals surface area contributed by atoms with Crippen molar-refractivity contribution in [3.05, 3.63) is 41.8 Å². The van der Waals surface area contributed by atoms with E-state index in [1.54, 1.807) is 23.1 Å². The average Bonchev–Trinajstić information content (AvgIpc) is 3.12. The molecule has 2 heterocycles. The van der Waals surface area contributed by atoms with Gasteiger partial charge >= 0.3 is 0 Å². The molecule has 0 spiro atoms. The normalized spacial score (nSPS) is 19.8. The number of carbonyl (C=O) groups is 2. The van der Waals surface area contributed by atoms with Gasteiger partial charge in [-0.1, -0.05) is 32.9 Å². The molecule has 1 aromatic carbocycles. The van der Waals surface area contributed by atoms with Gasteiger partial charge in [-0.25, -0.2) is 4.39 Å². The van der Waals surface area contributed by atoms with Crippen LogP contribution in [0.2, 0.25) is 0 Å². The standard InChI is InChI=1S/C23H30FN3O3/c1-14(2)9-16-12-25-22(28)20(10-15(3)4)27(13-16)23(29)19-11-21(30-26-19)17-5-7-18(24)8-6-17/h5-8,11,14-16,20H,9-10,12-13H2,1-4H3,(H,25,28). The van der Waals surface area contributed by atoms with Crippen molar-refractivity contribution in [3.63, 3.8) is 0 Å². The number of hydrogen-bond donors (Lipinski definition) is 1. The third kappa shape index (κ3) is 5.26. The molecule has 0 saturated carbocycles. The van der Waals surface area contributed by atoms with Crippen LogP contribution < -0.4 is 5.32 Å². The summed E-state index contributed by atoms with van der Waals surface area (Å²) in [4.78, 5) is 27.8. The fourth-order valence-corrected chi connectivity index (χ4v) is 3.98. The lowest BCUT2D eigenvalue weighted by Gasteiger charge is -2.30. The topological polar surface area (TPSA) is 75.4 Å². The Labute approximate surface area is 176 Å². The molecule has 0 aliphatic carbocycles. The van der Waals surface area contributed by atoms with E-state index in [1.807, 2.05) is 13.8 Å². The Balaban J connectivity index is 1.88. The third-order valence-corrected chi connectivity index (χ3v) is 5.32. The fraction of sp³-hybridized carbons (Fsp3) is 0.522. The van der Waals surface area contributed by atoms with Gasteiger partial charge in [0.05, 0.1) is 0 Å². The van der Waals surface area contributed by atoms with Crippen LogP contribution in [0.3, 0.4) is 0 Å². The minimum atomic E-state index is -0.541. The summed E-state index contributed by atoms with van der Waals surface area (Å²) in [6, 6.07) is 6.82. The van der Waals surface area contributed by atoms with Crippen molar-refractivity contribution in [3.8, 4) is 11.3 Å². The van der Waals surface area contributed by atoms with Crippen LogP contribution in [0.4, 0.5) is 4.39 Å². The van der Waals surface area contributed by atoms with Crippen LogP contribution in [-0.2, 0) is 4.79 Å². The molecule has 162 valence electrons. The van der Waals surface area contributed by atoms with Crippen LogP contribution in [0.25, 0.3) is 11.3 Å². The first-order valence-corrected chi connectivity index (χ1v) is 10.6. The third-order valence-electron chi connectivity index (χ3n) is 5.32. The Hall–Kier alpha value is -2.70. The molecule has 1 aromatic heterocycles. The SMILES string of the molecule is CC(C)CC1CNC(=O)C(CC(C)C)N(C(=O)c2cc(-c3ccc(F)cc3)on2)C1. The minimum Gasteiger partial charge on any atom is -0.355 e. The van der Waals surface area contributed by atoms with Crippen LogP contribution in [0.1, 0.15) is 51.0 Å². The molecule has 7 heteroatoms. The number of nitrogens with one attached hydrogen (secondary N) is 1. The summed E-state index contributed by atoms with van der Waals surface area (Å²) in [5, 5.41) is 6.97. The lowest BCUT2D eigenvalue weighted by Crippen LogP contribution is -2.48. The van der Waals surface area contributed by atoms with Crippen molar-refractivity contribution in [1.29, 1.82) is 0 Å². The largest absolute Gasteiger partial charge is 0.355 e. The van der Waals surface area contributed by atoms with Gasteiger partial charge < -0.3 is 14.7 Å². The van der Waals surface area contributed by atoms with Gasteiger partial charge in [-0.05, 0) is 54.9 Å². The zero-order valence-electron chi connectivity index (χ0n) is 18.0. The molecule has 2 amide bonds. The molecule has 6 nitrogen and oxygen atoms in total. The molecule has 1 aliphatic heterocycles. The predicted octanol–water partition coefficient (Wildman–Crippen LogP) is 4.13. The monoisotopic (exact) mass is 415 g/mol. The van der Waals surface area contributed by atoms with E-state index < -0.39 is 6.04 Å². The maximum absolute atomic E-state index is 13.4. The number of aromatic nitrogens is 1. The summed E-state index contributed by atoms with van der Waals surface area (Å²) in [5.74, 6) is 0.495. The smallest absolute Gasteiger partial charge is 0.276 e. The van der Waals surface area contributed by atoms with Crippen molar-refractivity contribution < 1.29 is 18.5 Å². The van der Waals surface area contributed by atoms with E-state index in [2.05, 4.69) is 24.3 Å². The first-order valence-electron chi connectivity index (χ1n) is 10.6. The van der Waals surface area contributed by atoms with E-state index in [0.29, 0.717) is 36.8 Å². The Morgan fingerprint density at radius 3 is 2.50 bits per heavy atom. The quantitative estimate of drug-likeness (QED) is 0.770. The van der Waals surface area contributed by atoms with Gasteiger partial charge in [-0.3, -0.25) is 9.59 Å². The number of carbonyl (C=O) groups excluding carboxylic acids is 2. The van der Waals surface area contributed by atoms with Gasteiger partial charge in [0.2, 0.25) is 5.91 Å². The first kappa shape index (κ1) is 22.0. The highest BCUT2D eigenvalue weighted by Crippen LogP contribution is 2.25. The first-order chi connectivity index (χ1) is 14.2. The van der Waals surface area contributed by atoms with Gasteiger partial charge in [-0.2, -0.15) is 0 Å². The van der Waals surface area contributed by atoms with Gasteiger partial charge in [0, 0.05) is 24.7 Å². The summed E-state index contributed by atoms with van der Waals surface area (Å²) in [6.45, 7) is 9.40. The molecular formula is C23H30FN3O3. The van der Waals surface area contributed by atoms with Crippen molar-refractivity contribution in [2.24, 2.45) is 17.8 Å². The number of benzene rings is 1. The number of halogens is 1. The van der Waals surface area contributed by atoms with E-state index >= 15 is 0 Å². The highest BCUT2D eigenvalue weighted by molar-refractivity contribution is 5.97. The van der Waals surface area contributed by atoms with E-state index in [-0.39, 0.29) is 35.2 Å². The number of rotatable bonds is 6. The summed E-state index contributed by atoms with van der Waals surface area (Å²) < 4.78 is 18.5. The zero-order chi connectivity index (χ0) is 21.8. The molecule has 30 heavy (non-hydrogen) atoms. The number of hydrogen-bond acceptors (Lipinski definition) is 4. The van der Waals surface area contributed by atoms with Gasteiger partial charge in [0.15, 0.2) is 11.5 Å². The highest BCUT2D eigenvalue weighted by atomic mass is 19.1. The summed E-state index contributed by atoms with van der Waals surface area (Å²) in [5.41, 5.74) is 0.786. The molecule has 2 unspecified atom stereocenters. The average molecular weight is 416 g/mol. The second kappa shape index (κ2) is 9.41. The fourth-order valence-electron chi connectivity index (χ4n) is 3.98. The van der Waals surface area contributed by atoms with E-state index in [0.717, 1.165) is 6.42 Å². The number of nitrogens with zero attached hydrogens (tertiary/aromatic N) is 2. The molecule has 1 saturated heterocycles. The Morgan fingerprint density at radius 1 is 1.20 bits per heavy atom. The highest BCUT2D eigenvalue weighted by Gasteiger charge is 2.36. The molecule has 2 aromatic rings. The number of amides is 2. The van der Waals surface area contributed by atoms with Crippen molar-refractivity contribution in [2.75, 3.05) is 13.1 Å². The second-order valence-corrected chi connectivity index (χ2v) is 8.93. The minimum absolute atomic E-state index is 0.120. The van der Waals surface area contributed by atoms with E-state index in [1.165, 1.54) is 12.1 Å². The predicted molar refractivity (Wildman–Crippen MR) is 112 cm³/mol. The summed E-state index contributed by atoms with van der Waals surface area (Å²) in [6.07, 6.45) is 1.49. The van der Waals surface area contributed by atoms with Gasteiger partial charge in [-0.15, -0.1) is 0 Å². The molecule has 0 bridgehead atoms. The summed E-state index contributed by atoms with van der Waals surface area (Å²) >= 11 is 0.